The molecule has 0 aromatic heterocycles. The van der Waals surface area contributed by atoms with Crippen LogP contribution in [0.3, 0.4) is 0 Å². The van der Waals surface area contributed by atoms with Gasteiger partial charge in [-0.1, -0.05) is 28.1 Å². The molecule has 3 heteroatoms. The van der Waals surface area contributed by atoms with Crippen molar-refractivity contribution in [2.45, 2.75) is 0 Å². The van der Waals surface area contributed by atoms with Crippen LogP contribution in [0.2, 0.25) is 0 Å². The van der Waals surface area contributed by atoms with Crippen molar-refractivity contribution in [3.8, 4) is 0 Å². The molecule has 0 amide bonds. The van der Waals surface area contributed by atoms with Crippen LogP contribution in [0, 0.1) is 0 Å². The molecule has 0 saturated heterocycles. The minimum atomic E-state index is 0.880. The van der Waals surface area contributed by atoms with Crippen LogP contribution in [0.4, 0.5) is 0 Å². The highest BCUT2D eigenvalue weighted by molar-refractivity contribution is 9.10. The summed E-state index contributed by atoms with van der Waals surface area (Å²) in [4.78, 5) is 0. The Morgan fingerprint density at radius 1 is 1.30 bits per heavy atom. The third-order valence-electron chi connectivity index (χ3n) is 1.15. The van der Waals surface area contributed by atoms with Crippen LogP contribution in [0.5, 0.6) is 0 Å². The van der Waals surface area contributed by atoms with Gasteiger partial charge in [-0.05, 0) is 17.7 Å². The summed E-state index contributed by atoms with van der Waals surface area (Å²) < 4.78 is 5.14. The van der Waals surface area contributed by atoms with E-state index >= 15 is 0 Å². The first kappa shape index (κ1) is 7.69. The highest BCUT2D eigenvalue weighted by Gasteiger charge is 1.85. The van der Waals surface area contributed by atoms with Crippen LogP contribution in [0.25, 0.3) is 0 Å². The van der Waals surface area contributed by atoms with Gasteiger partial charge in [0, 0.05) is 10.7 Å². The Morgan fingerprint density at radius 3 is 2.40 bits per heavy atom. The molecule has 1 nitrogen and oxygen atoms in total. The zero-order chi connectivity index (χ0) is 7.40. The fourth-order valence-electron chi connectivity index (χ4n) is 0.698. The second kappa shape index (κ2) is 3.68. The van der Waals surface area contributed by atoms with E-state index in [9.17, 15) is 0 Å². The van der Waals surface area contributed by atoms with Crippen molar-refractivity contribution in [1.29, 1.82) is 0 Å². The largest absolute Gasteiger partial charge is 0.340 e. The van der Waals surface area contributed by atoms with E-state index in [0.717, 1.165) is 14.9 Å². The summed E-state index contributed by atoms with van der Waals surface area (Å²) >= 11 is 3.36. The predicted octanol–water partition coefficient (Wildman–Crippen LogP) is 1.15. The molecule has 0 saturated carbocycles. The molecule has 1 aromatic rings. The molecule has 0 radical (unpaired) electrons. The molecule has 10 heavy (non-hydrogen) atoms. The maximum atomic E-state index is 4.03. The first-order valence-electron chi connectivity index (χ1n) is 3.00. The summed E-state index contributed by atoms with van der Waals surface area (Å²) in [6.45, 7) is 0. The second-order valence-corrected chi connectivity index (χ2v) is 3.37. The average Bonchev–Trinajstić information content (AvgIpc) is 1.95. The maximum absolute atomic E-state index is 4.03. The van der Waals surface area contributed by atoms with Crippen LogP contribution in [0.15, 0.2) is 33.4 Å². The van der Waals surface area contributed by atoms with Gasteiger partial charge in [-0.2, -0.15) is 0 Å². The number of benzene rings is 1. The molecule has 0 bridgehead atoms. The molecule has 0 aliphatic rings. The molecule has 0 atom stereocenters. The summed E-state index contributed by atoms with van der Waals surface area (Å²) in [6.07, 6.45) is 1.89. The molecule has 0 aliphatic carbocycles. The summed E-state index contributed by atoms with van der Waals surface area (Å²) in [5.41, 5.74) is 1.16. The van der Waals surface area contributed by atoms with Gasteiger partial charge in [0.25, 0.3) is 0 Å². The van der Waals surface area contributed by atoms with E-state index in [-0.39, 0.29) is 0 Å². The minimum absolute atomic E-state index is 0.880. The first-order valence-corrected chi connectivity index (χ1v) is 4.69. The highest BCUT2D eigenvalue weighted by Crippen LogP contribution is 2.08. The number of rotatable bonds is 1. The molecule has 0 spiro atoms. The van der Waals surface area contributed by atoms with Crippen molar-refractivity contribution >= 4 is 32.5 Å². The number of halogens is 1. The van der Waals surface area contributed by atoms with Gasteiger partial charge in [-0.15, -0.1) is 0 Å². The molecular formula is C7H8BrNSi. The highest BCUT2D eigenvalue weighted by atomic mass is 79.9. The third-order valence-corrected chi connectivity index (χ3v) is 1.94. The van der Waals surface area contributed by atoms with Gasteiger partial charge in [0.05, 0.1) is 0 Å². The van der Waals surface area contributed by atoms with Crippen molar-refractivity contribution < 1.29 is 0 Å². The number of hydrogen-bond donors (Lipinski definition) is 0. The van der Waals surface area contributed by atoms with E-state index in [1.165, 1.54) is 5.56 Å². The Balaban J connectivity index is 2.89. The molecule has 0 N–H and O–H groups in total. The van der Waals surface area contributed by atoms with Crippen molar-refractivity contribution in [3.05, 3.63) is 34.3 Å². The molecule has 0 heterocycles. The average molecular weight is 214 g/mol. The van der Waals surface area contributed by atoms with E-state index in [1.54, 1.807) is 0 Å². The van der Waals surface area contributed by atoms with Crippen LogP contribution in [-0.2, 0) is 0 Å². The Hall–Kier alpha value is -0.413. The number of nitrogens with zero attached hydrogens (tertiary/aromatic N) is 1. The monoisotopic (exact) mass is 213 g/mol. The molecular weight excluding hydrogens is 206 g/mol. The Labute approximate surface area is 71.8 Å². The normalized spacial score (nSPS) is 10.9. The summed E-state index contributed by atoms with van der Waals surface area (Å²) in [6, 6.07) is 8.09. The van der Waals surface area contributed by atoms with Gasteiger partial charge in [-0.25, -0.2) is 0 Å². The second-order valence-electron chi connectivity index (χ2n) is 1.94. The third kappa shape index (κ3) is 2.08. The van der Waals surface area contributed by atoms with Crippen molar-refractivity contribution in [1.82, 2.24) is 0 Å². The fraction of sp³-hybridized carbons (Fsp3) is 0. The van der Waals surface area contributed by atoms with Crippen molar-refractivity contribution in [2.24, 2.45) is 4.66 Å². The first-order chi connectivity index (χ1) is 4.83. The van der Waals surface area contributed by atoms with E-state index in [0.29, 0.717) is 0 Å². The maximum Gasteiger partial charge on any atom is 0.134 e. The standard InChI is InChI=1S/C7H8BrNSi/c8-7-3-1-6(2-4-7)5-9-10/h1-5H,10H3. The lowest BCUT2D eigenvalue weighted by Gasteiger charge is -1.90. The quantitative estimate of drug-likeness (QED) is 0.491. The molecule has 1 rings (SSSR count). The van der Waals surface area contributed by atoms with Gasteiger partial charge in [0.2, 0.25) is 0 Å². The van der Waals surface area contributed by atoms with E-state index in [4.69, 9.17) is 0 Å². The molecule has 52 valence electrons. The van der Waals surface area contributed by atoms with E-state index < -0.39 is 0 Å². The smallest absolute Gasteiger partial charge is 0.134 e. The van der Waals surface area contributed by atoms with Gasteiger partial charge >= 0.3 is 0 Å². The molecule has 0 unspecified atom stereocenters. The van der Waals surface area contributed by atoms with Crippen molar-refractivity contribution in [3.63, 3.8) is 0 Å². The molecule has 0 aliphatic heterocycles. The fourth-order valence-corrected chi connectivity index (χ4v) is 1.26. The summed E-state index contributed by atoms with van der Waals surface area (Å²) in [5.74, 6) is 0. The van der Waals surface area contributed by atoms with Gasteiger partial charge in [0.1, 0.15) is 10.4 Å². The van der Waals surface area contributed by atoms with Crippen LogP contribution in [-0.4, -0.2) is 16.6 Å². The lowest BCUT2D eigenvalue weighted by molar-refractivity contribution is 1.62. The SMILES string of the molecule is [SiH3]N=Cc1ccc(Br)cc1. The van der Waals surface area contributed by atoms with E-state index in [1.807, 2.05) is 30.5 Å². The van der Waals surface area contributed by atoms with Crippen molar-refractivity contribution in [2.75, 3.05) is 0 Å². The minimum Gasteiger partial charge on any atom is -0.340 e. The summed E-state index contributed by atoms with van der Waals surface area (Å²) in [5, 5.41) is 0. The Morgan fingerprint density at radius 2 is 1.90 bits per heavy atom. The van der Waals surface area contributed by atoms with Gasteiger partial charge < -0.3 is 4.66 Å². The topological polar surface area (TPSA) is 12.4 Å². The zero-order valence-corrected chi connectivity index (χ0v) is 9.30. The van der Waals surface area contributed by atoms with Crippen LogP contribution < -0.4 is 0 Å². The molecule has 0 fully saturated rings. The summed E-state index contributed by atoms with van der Waals surface area (Å²) in [7, 11) is 0.880. The molecule has 1 aromatic carbocycles. The zero-order valence-electron chi connectivity index (χ0n) is 5.71. The van der Waals surface area contributed by atoms with E-state index in [2.05, 4.69) is 20.6 Å². The lowest BCUT2D eigenvalue weighted by Crippen LogP contribution is -1.78. The Kier molecular flexibility index (Phi) is 2.83. The van der Waals surface area contributed by atoms with Gasteiger partial charge in [-0.3, -0.25) is 0 Å². The van der Waals surface area contributed by atoms with Gasteiger partial charge in [0.15, 0.2) is 0 Å². The van der Waals surface area contributed by atoms with Crippen LogP contribution in [0.1, 0.15) is 5.56 Å². The van der Waals surface area contributed by atoms with Crippen LogP contribution >= 0.6 is 15.9 Å². The number of hydrogen-bond acceptors (Lipinski definition) is 1. The predicted molar refractivity (Wildman–Crippen MR) is 51.7 cm³/mol. The lowest BCUT2D eigenvalue weighted by atomic mass is 10.2. The Bertz CT molecular complexity index is 230.